The van der Waals surface area contributed by atoms with E-state index in [2.05, 4.69) is 38.9 Å². The molecule has 1 N–H and O–H groups in total. The molecule has 4 aliphatic rings. The molecule has 8 unspecified atom stereocenters. The molecule has 0 radical (unpaired) electrons. The Balaban J connectivity index is 1.59. The lowest BCUT2D eigenvalue weighted by Crippen LogP contribution is -2.60. The van der Waals surface area contributed by atoms with Crippen LogP contribution in [0.1, 0.15) is 90.9 Å². The molecule has 0 aromatic carbocycles. The van der Waals surface area contributed by atoms with E-state index < -0.39 is 0 Å². The molecule has 4 saturated carbocycles. The lowest BCUT2D eigenvalue weighted by Gasteiger charge is -2.63. The van der Waals surface area contributed by atoms with Crippen molar-refractivity contribution >= 4 is 0 Å². The van der Waals surface area contributed by atoms with Crippen LogP contribution in [0.2, 0.25) is 0 Å². The summed E-state index contributed by atoms with van der Waals surface area (Å²) >= 11 is 0. The van der Waals surface area contributed by atoms with Gasteiger partial charge in [0.15, 0.2) is 0 Å². The number of hydrogen-bond acceptors (Lipinski definition) is 1. The summed E-state index contributed by atoms with van der Waals surface area (Å²) in [5.74, 6) is 4.88. The molecular formula is C25H43N. The summed E-state index contributed by atoms with van der Waals surface area (Å²) in [5.41, 5.74) is 1.27. The molecule has 0 aliphatic heterocycles. The van der Waals surface area contributed by atoms with Gasteiger partial charge < -0.3 is 5.32 Å². The van der Waals surface area contributed by atoms with E-state index in [4.69, 9.17) is 0 Å². The Morgan fingerprint density at radius 2 is 1.81 bits per heavy atom. The highest BCUT2D eigenvalue weighted by molar-refractivity contribution is 5.12. The van der Waals surface area contributed by atoms with E-state index in [1.807, 2.05) is 0 Å². The highest BCUT2D eigenvalue weighted by Crippen LogP contribution is 2.67. The Hall–Kier alpha value is -0.300. The van der Waals surface area contributed by atoms with Crippen molar-refractivity contribution in [3.8, 4) is 0 Å². The molecule has 0 amide bonds. The lowest BCUT2D eigenvalue weighted by molar-refractivity contribution is -0.124. The molecule has 0 aromatic heterocycles. The maximum absolute atomic E-state index is 3.94. The normalized spacial score (nSPS) is 50.6. The van der Waals surface area contributed by atoms with E-state index in [1.165, 1.54) is 77.0 Å². The van der Waals surface area contributed by atoms with Crippen LogP contribution in [0.3, 0.4) is 0 Å². The fraction of sp³-hybridized carbons (Fsp3) is 0.920. The van der Waals surface area contributed by atoms with Gasteiger partial charge in [0, 0.05) is 6.04 Å². The molecule has 148 valence electrons. The van der Waals surface area contributed by atoms with Crippen molar-refractivity contribution < 1.29 is 0 Å². The fourth-order valence-electron chi connectivity index (χ4n) is 8.70. The van der Waals surface area contributed by atoms with Crippen molar-refractivity contribution in [2.45, 2.75) is 96.9 Å². The van der Waals surface area contributed by atoms with E-state index in [9.17, 15) is 0 Å². The van der Waals surface area contributed by atoms with E-state index in [-0.39, 0.29) is 0 Å². The van der Waals surface area contributed by atoms with Gasteiger partial charge in [-0.2, -0.15) is 0 Å². The molecule has 0 saturated heterocycles. The van der Waals surface area contributed by atoms with Crippen LogP contribution in [0.5, 0.6) is 0 Å². The third kappa shape index (κ3) is 2.83. The van der Waals surface area contributed by atoms with E-state index in [0.29, 0.717) is 10.8 Å². The number of allylic oxidation sites excluding steroid dienone is 1. The Bertz CT molecular complexity index is 512. The predicted molar refractivity (Wildman–Crippen MR) is 112 cm³/mol. The van der Waals surface area contributed by atoms with Gasteiger partial charge in [0.2, 0.25) is 0 Å². The van der Waals surface area contributed by atoms with Crippen molar-refractivity contribution in [2.75, 3.05) is 7.05 Å². The van der Waals surface area contributed by atoms with Gasteiger partial charge in [-0.3, -0.25) is 0 Å². The second kappa shape index (κ2) is 7.26. The van der Waals surface area contributed by atoms with Gasteiger partial charge in [-0.05, 0) is 112 Å². The van der Waals surface area contributed by atoms with Crippen molar-refractivity contribution in [3.05, 3.63) is 12.7 Å². The van der Waals surface area contributed by atoms with Crippen LogP contribution < -0.4 is 5.32 Å². The summed E-state index contributed by atoms with van der Waals surface area (Å²) in [6, 6.07) is 0.785. The number of unbranched alkanes of at least 4 members (excludes halogenated alkanes) is 1. The van der Waals surface area contributed by atoms with Gasteiger partial charge in [0.25, 0.3) is 0 Å². The minimum Gasteiger partial charge on any atom is -0.317 e. The predicted octanol–water partition coefficient (Wildman–Crippen LogP) is 6.59. The molecule has 4 rings (SSSR count). The third-order valence-corrected chi connectivity index (χ3v) is 10.2. The molecular weight excluding hydrogens is 314 g/mol. The number of hydrogen-bond donors (Lipinski definition) is 1. The summed E-state index contributed by atoms with van der Waals surface area (Å²) < 4.78 is 0. The Kier molecular flexibility index (Phi) is 5.32. The average molecular weight is 358 g/mol. The molecule has 0 bridgehead atoms. The average Bonchev–Trinajstić information content (AvgIpc) is 2.97. The van der Waals surface area contributed by atoms with Gasteiger partial charge in [-0.15, -0.1) is 6.58 Å². The van der Waals surface area contributed by atoms with Crippen molar-refractivity contribution in [2.24, 2.45) is 40.4 Å². The maximum Gasteiger partial charge on any atom is 0.0101 e. The van der Waals surface area contributed by atoms with Gasteiger partial charge >= 0.3 is 0 Å². The highest BCUT2D eigenvalue weighted by atomic mass is 14.9. The monoisotopic (exact) mass is 357 g/mol. The van der Waals surface area contributed by atoms with Gasteiger partial charge in [0.05, 0.1) is 0 Å². The zero-order valence-corrected chi connectivity index (χ0v) is 17.7. The molecule has 1 heteroatoms. The maximum atomic E-state index is 3.94. The van der Waals surface area contributed by atoms with Gasteiger partial charge in [0.1, 0.15) is 0 Å². The Labute approximate surface area is 162 Å². The smallest absolute Gasteiger partial charge is 0.0101 e. The lowest BCUT2D eigenvalue weighted by atomic mass is 9.43. The van der Waals surface area contributed by atoms with Crippen molar-refractivity contribution in [1.82, 2.24) is 5.32 Å². The standard InChI is InChI=1S/C25H43N/c1-5-6-7-10-18-12-13-20-23-21(14-16-25(18,20)3)24(2)15-9-8-11-19(24)17-22(23)26-4/h5,18-23,26H,1,6-17H2,2-4H3. The SMILES string of the molecule is C=CCCCC1CCC2C3C(NC)CC4CCCCC4(C)C3CCC12C. The van der Waals surface area contributed by atoms with E-state index in [1.54, 1.807) is 0 Å². The Morgan fingerprint density at radius 3 is 2.58 bits per heavy atom. The van der Waals surface area contributed by atoms with Crippen molar-refractivity contribution in [1.29, 1.82) is 0 Å². The molecule has 4 fully saturated rings. The zero-order valence-electron chi connectivity index (χ0n) is 17.7. The van der Waals surface area contributed by atoms with Gasteiger partial charge in [-0.1, -0.05) is 32.8 Å². The number of fused-ring (bicyclic) bond motifs is 5. The molecule has 0 spiro atoms. The van der Waals surface area contributed by atoms with Gasteiger partial charge in [-0.25, -0.2) is 0 Å². The summed E-state index contributed by atoms with van der Waals surface area (Å²) in [5, 5.41) is 3.84. The van der Waals surface area contributed by atoms with Crippen LogP contribution >= 0.6 is 0 Å². The third-order valence-electron chi connectivity index (χ3n) is 10.2. The summed E-state index contributed by atoms with van der Waals surface area (Å²) in [6.45, 7) is 9.34. The quantitative estimate of drug-likeness (QED) is 0.432. The molecule has 8 atom stereocenters. The second-order valence-electron chi connectivity index (χ2n) is 10.9. The molecule has 26 heavy (non-hydrogen) atoms. The number of rotatable bonds is 5. The summed E-state index contributed by atoms with van der Waals surface area (Å²) in [6.07, 6.45) is 19.6. The van der Waals surface area contributed by atoms with E-state index >= 15 is 0 Å². The van der Waals surface area contributed by atoms with Crippen LogP contribution in [0.15, 0.2) is 12.7 Å². The minimum absolute atomic E-state index is 0.620. The summed E-state index contributed by atoms with van der Waals surface area (Å²) in [7, 11) is 2.26. The molecule has 4 aliphatic carbocycles. The first-order valence-corrected chi connectivity index (χ1v) is 11.8. The number of nitrogens with one attached hydrogen (secondary N) is 1. The molecule has 1 nitrogen and oxygen atoms in total. The molecule has 0 aromatic rings. The first kappa shape index (κ1) is 19.0. The molecule has 0 heterocycles. The van der Waals surface area contributed by atoms with E-state index in [0.717, 1.165) is 35.6 Å². The fourth-order valence-corrected chi connectivity index (χ4v) is 8.70. The topological polar surface area (TPSA) is 12.0 Å². The first-order valence-electron chi connectivity index (χ1n) is 11.8. The van der Waals surface area contributed by atoms with Crippen LogP contribution in [0, 0.1) is 40.4 Å². The van der Waals surface area contributed by atoms with Crippen LogP contribution in [0.4, 0.5) is 0 Å². The highest BCUT2D eigenvalue weighted by Gasteiger charge is 2.61. The second-order valence-corrected chi connectivity index (χ2v) is 10.9. The van der Waals surface area contributed by atoms with Crippen LogP contribution in [-0.4, -0.2) is 13.1 Å². The summed E-state index contributed by atoms with van der Waals surface area (Å²) in [4.78, 5) is 0. The Morgan fingerprint density at radius 1 is 1.00 bits per heavy atom. The zero-order chi connectivity index (χ0) is 18.4. The minimum atomic E-state index is 0.620. The first-order chi connectivity index (χ1) is 12.5. The van der Waals surface area contributed by atoms with Crippen LogP contribution in [-0.2, 0) is 0 Å². The van der Waals surface area contributed by atoms with Crippen molar-refractivity contribution in [3.63, 3.8) is 0 Å². The van der Waals surface area contributed by atoms with Crippen LogP contribution in [0.25, 0.3) is 0 Å². The largest absolute Gasteiger partial charge is 0.317 e.